The molecule has 184 valence electrons. The maximum absolute atomic E-state index is 13.7. The van der Waals surface area contributed by atoms with Gasteiger partial charge in [-0.15, -0.1) is 29.9 Å². The number of hydrogen-bond donors (Lipinski definition) is 1. The fourth-order valence-electron chi connectivity index (χ4n) is 4.20. The number of ether oxygens (including phenoxy) is 2. The number of likely N-dealkylation sites (tertiary alicyclic amines) is 1. The number of fused-ring (bicyclic) bond motifs is 2. The van der Waals surface area contributed by atoms with Gasteiger partial charge in [0, 0.05) is 31.7 Å². The molecule has 2 aliphatic rings. The van der Waals surface area contributed by atoms with E-state index in [1.807, 2.05) is 6.07 Å². The van der Waals surface area contributed by atoms with Gasteiger partial charge in [-0.2, -0.15) is 5.10 Å². The average molecular weight is 513 g/mol. The molecule has 0 spiro atoms. The van der Waals surface area contributed by atoms with Crippen LogP contribution in [0.4, 0.5) is 4.39 Å². The Morgan fingerprint density at radius 1 is 1.06 bits per heavy atom. The molecular weight excluding hydrogens is 486 g/mol. The van der Waals surface area contributed by atoms with E-state index >= 15 is 0 Å². The Kier molecular flexibility index (Phi) is 9.01. The van der Waals surface area contributed by atoms with Gasteiger partial charge in [-0.25, -0.2) is 9.37 Å². The van der Waals surface area contributed by atoms with E-state index in [9.17, 15) is 9.18 Å². The summed E-state index contributed by atoms with van der Waals surface area (Å²) < 4.78 is 26.3. The summed E-state index contributed by atoms with van der Waals surface area (Å²) in [6.07, 6.45) is 3.30. The molecule has 12 heteroatoms. The van der Waals surface area contributed by atoms with E-state index in [-0.39, 0.29) is 36.2 Å². The van der Waals surface area contributed by atoms with Crippen LogP contribution in [0, 0.1) is 5.82 Å². The second-order valence-electron chi connectivity index (χ2n) is 8.08. The first kappa shape index (κ1) is 26.1. The number of benzene rings is 1. The Morgan fingerprint density at radius 2 is 1.85 bits per heavy atom. The Morgan fingerprint density at radius 3 is 2.68 bits per heavy atom. The highest BCUT2D eigenvalue weighted by Crippen LogP contribution is 2.26. The molecule has 34 heavy (non-hydrogen) atoms. The lowest BCUT2D eigenvalue weighted by atomic mass is 10.0. The van der Waals surface area contributed by atoms with Crippen LogP contribution in [0.2, 0.25) is 0 Å². The van der Waals surface area contributed by atoms with Crippen molar-refractivity contribution in [1.82, 2.24) is 30.0 Å². The molecule has 1 aromatic carbocycles. The Balaban J connectivity index is 0.00000162. The van der Waals surface area contributed by atoms with Crippen LogP contribution in [0.25, 0.3) is 11.0 Å². The number of nitrogens with zero attached hydrogens (tertiary/aromatic N) is 5. The topological polar surface area (TPSA) is 94.4 Å². The van der Waals surface area contributed by atoms with Gasteiger partial charge in [-0.05, 0) is 44.1 Å². The highest BCUT2D eigenvalue weighted by molar-refractivity contribution is 5.85. The molecule has 1 N–H and O–H groups in total. The highest BCUT2D eigenvalue weighted by atomic mass is 35.5. The fourth-order valence-corrected chi connectivity index (χ4v) is 4.20. The minimum absolute atomic E-state index is 0. The summed E-state index contributed by atoms with van der Waals surface area (Å²) >= 11 is 0. The van der Waals surface area contributed by atoms with Crippen molar-refractivity contribution >= 4 is 35.8 Å². The van der Waals surface area contributed by atoms with Gasteiger partial charge in [0.1, 0.15) is 19.0 Å². The molecule has 0 aliphatic carbocycles. The van der Waals surface area contributed by atoms with Crippen molar-refractivity contribution in [2.75, 3.05) is 32.8 Å². The van der Waals surface area contributed by atoms with Crippen molar-refractivity contribution in [1.29, 1.82) is 0 Å². The summed E-state index contributed by atoms with van der Waals surface area (Å²) in [5.74, 6) is 0.738. The van der Waals surface area contributed by atoms with Crippen molar-refractivity contribution in [2.24, 2.45) is 0 Å². The monoisotopic (exact) mass is 512 g/mol. The molecule has 0 bridgehead atoms. The largest absolute Gasteiger partial charge is 0.484 e. The first-order valence-corrected chi connectivity index (χ1v) is 10.9. The molecular formula is C22H27Cl2FN6O3. The third-order valence-electron chi connectivity index (χ3n) is 5.97. The maximum Gasteiger partial charge on any atom is 0.276 e. The maximum atomic E-state index is 13.7. The quantitative estimate of drug-likeness (QED) is 0.537. The number of piperidine rings is 1. The summed E-state index contributed by atoms with van der Waals surface area (Å²) in [6.45, 7) is 4.74. The van der Waals surface area contributed by atoms with Gasteiger partial charge < -0.3 is 24.3 Å². The van der Waals surface area contributed by atoms with Gasteiger partial charge in [0.2, 0.25) is 0 Å². The average Bonchev–Trinajstić information content (AvgIpc) is 2.82. The van der Waals surface area contributed by atoms with Gasteiger partial charge >= 0.3 is 0 Å². The van der Waals surface area contributed by atoms with Crippen LogP contribution in [0.5, 0.6) is 11.6 Å². The van der Waals surface area contributed by atoms with Gasteiger partial charge in [0.05, 0.1) is 22.9 Å². The lowest BCUT2D eigenvalue weighted by Gasteiger charge is -2.32. The number of rotatable bonds is 6. The van der Waals surface area contributed by atoms with E-state index in [1.165, 1.54) is 18.3 Å². The second-order valence-corrected chi connectivity index (χ2v) is 8.08. The van der Waals surface area contributed by atoms with Crippen molar-refractivity contribution in [3.8, 4) is 11.6 Å². The Hall–Kier alpha value is -2.53. The zero-order valence-electron chi connectivity index (χ0n) is 18.5. The zero-order chi connectivity index (χ0) is 21.9. The molecule has 5 rings (SSSR count). The van der Waals surface area contributed by atoms with Crippen LogP contribution in [-0.2, 0) is 13.1 Å². The van der Waals surface area contributed by atoms with Gasteiger partial charge in [0.15, 0.2) is 5.75 Å². The number of hydrogen-bond acceptors (Lipinski definition) is 8. The summed E-state index contributed by atoms with van der Waals surface area (Å²) in [5, 5.41) is 11.8. The third kappa shape index (κ3) is 5.93. The van der Waals surface area contributed by atoms with Crippen molar-refractivity contribution in [3.05, 3.63) is 52.3 Å². The van der Waals surface area contributed by atoms with Crippen molar-refractivity contribution in [2.45, 2.75) is 32.0 Å². The van der Waals surface area contributed by atoms with Crippen LogP contribution in [0.1, 0.15) is 18.5 Å². The summed E-state index contributed by atoms with van der Waals surface area (Å²) in [4.78, 5) is 18.7. The molecule has 0 saturated carbocycles. The van der Waals surface area contributed by atoms with E-state index in [4.69, 9.17) is 9.47 Å². The number of aromatic nitrogens is 4. The van der Waals surface area contributed by atoms with E-state index < -0.39 is 0 Å². The third-order valence-corrected chi connectivity index (χ3v) is 5.97. The Bertz CT molecular complexity index is 1170. The minimum Gasteiger partial charge on any atom is -0.484 e. The first-order chi connectivity index (χ1) is 15.7. The fraction of sp³-hybridized carbons (Fsp3) is 0.455. The van der Waals surface area contributed by atoms with Gasteiger partial charge in [-0.1, -0.05) is 0 Å². The van der Waals surface area contributed by atoms with E-state index in [0.29, 0.717) is 55.0 Å². The van der Waals surface area contributed by atoms with Crippen molar-refractivity contribution < 1.29 is 13.9 Å². The molecule has 1 saturated heterocycles. The standard InChI is InChI=1S/C22H25FN6O3.2ClH/c23-15-1-2-18-19(11-15)29(21(30)14-25-18)8-7-28-5-3-16(4-6-28)24-13-17-12-20-22(27-26-17)32-10-9-31-20;;/h1-2,11-12,14,16,24H,3-10,13H2;2*1H. The predicted octanol–water partition coefficient (Wildman–Crippen LogP) is 2.19. The molecule has 1 fully saturated rings. The van der Waals surface area contributed by atoms with Crippen LogP contribution in [-0.4, -0.2) is 63.5 Å². The highest BCUT2D eigenvalue weighted by Gasteiger charge is 2.20. The lowest BCUT2D eigenvalue weighted by Crippen LogP contribution is -2.43. The van der Waals surface area contributed by atoms with E-state index in [2.05, 4.69) is 25.4 Å². The Labute approximate surface area is 208 Å². The molecule has 9 nitrogen and oxygen atoms in total. The minimum atomic E-state index is -0.367. The van der Waals surface area contributed by atoms with Crippen LogP contribution >= 0.6 is 24.8 Å². The molecule has 0 unspecified atom stereocenters. The summed E-state index contributed by atoms with van der Waals surface area (Å²) in [6, 6.07) is 6.60. The molecule has 0 radical (unpaired) electrons. The molecule has 0 amide bonds. The van der Waals surface area contributed by atoms with Crippen molar-refractivity contribution in [3.63, 3.8) is 0 Å². The van der Waals surface area contributed by atoms with Crippen LogP contribution in [0.3, 0.4) is 0 Å². The zero-order valence-corrected chi connectivity index (χ0v) is 20.1. The summed E-state index contributed by atoms with van der Waals surface area (Å²) in [7, 11) is 0. The van der Waals surface area contributed by atoms with Gasteiger partial charge in [-0.3, -0.25) is 4.79 Å². The molecule has 0 atom stereocenters. The molecule has 2 aromatic heterocycles. The van der Waals surface area contributed by atoms with Gasteiger partial charge in [0.25, 0.3) is 11.4 Å². The second kappa shape index (κ2) is 11.7. The van der Waals surface area contributed by atoms with E-state index in [1.54, 1.807) is 10.6 Å². The van der Waals surface area contributed by atoms with Crippen LogP contribution in [0.15, 0.2) is 35.3 Å². The number of nitrogens with one attached hydrogen (secondary N) is 1. The molecule has 2 aliphatic heterocycles. The predicted molar refractivity (Wildman–Crippen MR) is 130 cm³/mol. The summed E-state index contributed by atoms with van der Waals surface area (Å²) in [5.41, 5.74) is 1.78. The smallest absolute Gasteiger partial charge is 0.276 e. The normalized spacial score (nSPS) is 16.0. The lowest BCUT2D eigenvalue weighted by molar-refractivity contribution is 0.161. The van der Waals surface area contributed by atoms with Crippen LogP contribution < -0.4 is 20.3 Å². The SMILES string of the molecule is Cl.Cl.O=c1cnc2ccc(F)cc2n1CCN1CCC(NCc2cc3c(nn2)OCCO3)CC1. The molecule has 4 heterocycles. The first-order valence-electron chi connectivity index (χ1n) is 10.9. The van der Waals surface area contributed by atoms with E-state index in [0.717, 1.165) is 38.2 Å². The molecule has 3 aromatic rings. The number of halogens is 3.